The van der Waals surface area contributed by atoms with Crippen molar-refractivity contribution in [3.8, 4) is 0 Å². The number of hydrogen-bond acceptors (Lipinski definition) is 3. The summed E-state index contributed by atoms with van der Waals surface area (Å²) in [6, 6.07) is 4.58. The molecule has 0 radical (unpaired) electrons. The summed E-state index contributed by atoms with van der Waals surface area (Å²) in [6.07, 6.45) is 2.97. The second-order valence-electron chi connectivity index (χ2n) is 5.22. The maximum Gasteiger partial charge on any atom is 0.117 e. The molecule has 17 heavy (non-hydrogen) atoms. The SMILES string of the molecule is CC(C)CC(C)N(C)CCNCc1ccco1. The summed E-state index contributed by atoms with van der Waals surface area (Å²) in [6.45, 7) is 9.75. The molecule has 0 saturated carbocycles. The van der Waals surface area contributed by atoms with Crippen LogP contribution in [0.25, 0.3) is 0 Å². The van der Waals surface area contributed by atoms with Gasteiger partial charge in [0.1, 0.15) is 5.76 Å². The molecule has 1 aromatic heterocycles. The van der Waals surface area contributed by atoms with Crippen molar-refractivity contribution in [3.05, 3.63) is 24.2 Å². The molecule has 0 bridgehead atoms. The van der Waals surface area contributed by atoms with E-state index in [1.165, 1.54) is 6.42 Å². The van der Waals surface area contributed by atoms with E-state index in [0.29, 0.717) is 6.04 Å². The molecule has 0 aliphatic carbocycles. The van der Waals surface area contributed by atoms with Crippen molar-refractivity contribution in [2.75, 3.05) is 20.1 Å². The highest BCUT2D eigenvalue weighted by Crippen LogP contribution is 2.08. The molecule has 1 heterocycles. The van der Waals surface area contributed by atoms with Gasteiger partial charge in [-0.2, -0.15) is 0 Å². The van der Waals surface area contributed by atoms with Crippen LogP contribution in [0.1, 0.15) is 33.0 Å². The molecular weight excluding hydrogens is 212 g/mol. The molecule has 3 nitrogen and oxygen atoms in total. The lowest BCUT2D eigenvalue weighted by Gasteiger charge is -2.26. The first-order chi connectivity index (χ1) is 8.09. The summed E-state index contributed by atoms with van der Waals surface area (Å²) in [5.41, 5.74) is 0. The number of rotatable bonds is 8. The third-order valence-corrected chi connectivity index (χ3v) is 3.09. The van der Waals surface area contributed by atoms with E-state index in [2.05, 4.69) is 38.0 Å². The Morgan fingerprint density at radius 1 is 1.35 bits per heavy atom. The molecule has 0 saturated heterocycles. The maximum atomic E-state index is 5.26. The average Bonchev–Trinajstić information content (AvgIpc) is 2.75. The second kappa shape index (κ2) is 7.51. The Labute approximate surface area is 105 Å². The van der Waals surface area contributed by atoms with E-state index >= 15 is 0 Å². The van der Waals surface area contributed by atoms with Crippen LogP contribution in [0.5, 0.6) is 0 Å². The molecule has 1 unspecified atom stereocenters. The predicted molar refractivity (Wildman–Crippen MR) is 72.0 cm³/mol. The number of nitrogens with zero attached hydrogens (tertiary/aromatic N) is 1. The fraction of sp³-hybridized carbons (Fsp3) is 0.714. The van der Waals surface area contributed by atoms with Crippen LogP contribution in [0.3, 0.4) is 0 Å². The van der Waals surface area contributed by atoms with Gasteiger partial charge in [0.25, 0.3) is 0 Å². The van der Waals surface area contributed by atoms with E-state index in [0.717, 1.165) is 31.3 Å². The average molecular weight is 238 g/mol. The van der Waals surface area contributed by atoms with Crippen molar-refractivity contribution in [3.63, 3.8) is 0 Å². The molecule has 0 aromatic carbocycles. The second-order valence-corrected chi connectivity index (χ2v) is 5.22. The van der Waals surface area contributed by atoms with Gasteiger partial charge in [-0.25, -0.2) is 0 Å². The fourth-order valence-electron chi connectivity index (χ4n) is 1.96. The molecule has 1 aromatic rings. The van der Waals surface area contributed by atoms with Crippen LogP contribution in [0, 0.1) is 5.92 Å². The Morgan fingerprint density at radius 3 is 2.71 bits per heavy atom. The van der Waals surface area contributed by atoms with Gasteiger partial charge >= 0.3 is 0 Å². The minimum atomic E-state index is 0.653. The first-order valence-electron chi connectivity index (χ1n) is 6.53. The Kier molecular flexibility index (Phi) is 6.30. The molecule has 3 heteroatoms. The number of nitrogens with one attached hydrogen (secondary N) is 1. The summed E-state index contributed by atoms with van der Waals surface area (Å²) >= 11 is 0. The predicted octanol–water partition coefficient (Wildman–Crippen LogP) is 2.74. The standard InChI is InChI=1S/C14H26N2O/c1-12(2)10-13(3)16(4)8-7-15-11-14-6-5-9-17-14/h5-6,9,12-13,15H,7-8,10-11H2,1-4H3. The summed E-state index contributed by atoms with van der Waals surface area (Å²) in [7, 11) is 2.20. The summed E-state index contributed by atoms with van der Waals surface area (Å²) < 4.78 is 5.26. The monoisotopic (exact) mass is 238 g/mol. The first-order valence-corrected chi connectivity index (χ1v) is 6.53. The number of hydrogen-bond donors (Lipinski definition) is 1. The van der Waals surface area contributed by atoms with Crippen LogP contribution in [0.2, 0.25) is 0 Å². The Morgan fingerprint density at radius 2 is 2.12 bits per heavy atom. The summed E-state index contributed by atoms with van der Waals surface area (Å²) in [5.74, 6) is 1.77. The molecule has 1 N–H and O–H groups in total. The molecular formula is C14H26N2O. The molecule has 1 rings (SSSR count). The Bertz CT molecular complexity index is 282. The Hall–Kier alpha value is -0.800. The van der Waals surface area contributed by atoms with Gasteiger partial charge in [0.05, 0.1) is 12.8 Å². The topological polar surface area (TPSA) is 28.4 Å². The van der Waals surface area contributed by atoms with Gasteiger partial charge in [0, 0.05) is 19.1 Å². The zero-order chi connectivity index (χ0) is 12.7. The molecule has 0 amide bonds. The van der Waals surface area contributed by atoms with Gasteiger partial charge in [-0.3, -0.25) is 0 Å². The van der Waals surface area contributed by atoms with E-state index in [9.17, 15) is 0 Å². The highest BCUT2D eigenvalue weighted by atomic mass is 16.3. The summed E-state index contributed by atoms with van der Waals surface area (Å²) in [4.78, 5) is 2.41. The Balaban J connectivity index is 2.09. The van der Waals surface area contributed by atoms with E-state index < -0.39 is 0 Å². The highest BCUT2D eigenvalue weighted by Gasteiger charge is 2.10. The van der Waals surface area contributed by atoms with E-state index in [1.807, 2.05) is 12.1 Å². The van der Waals surface area contributed by atoms with Crippen LogP contribution in [-0.4, -0.2) is 31.1 Å². The van der Waals surface area contributed by atoms with Gasteiger partial charge in [0.2, 0.25) is 0 Å². The van der Waals surface area contributed by atoms with Crippen molar-refractivity contribution in [2.24, 2.45) is 5.92 Å². The summed E-state index contributed by atoms with van der Waals surface area (Å²) in [5, 5.41) is 3.39. The lowest BCUT2D eigenvalue weighted by Crippen LogP contribution is -2.35. The van der Waals surface area contributed by atoms with Crippen molar-refractivity contribution in [1.82, 2.24) is 10.2 Å². The van der Waals surface area contributed by atoms with Crippen molar-refractivity contribution in [2.45, 2.75) is 39.8 Å². The normalized spacial score (nSPS) is 13.5. The lowest BCUT2D eigenvalue weighted by atomic mass is 10.0. The van der Waals surface area contributed by atoms with Gasteiger partial charge in [0.15, 0.2) is 0 Å². The van der Waals surface area contributed by atoms with Crippen molar-refractivity contribution >= 4 is 0 Å². The smallest absolute Gasteiger partial charge is 0.117 e. The largest absolute Gasteiger partial charge is 0.468 e. The van der Waals surface area contributed by atoms with E-state index in [-0.39, 0.29) is 0 Å². The van der Waals surface area contributed by atoms with Crippen molar-refractivity contribution in [1.29, 1.82) is 0 Å². The molecule has 0 aliphatic heterocycles. The van der Waals surface area contributed by atoms with Gasteiger partial charge in [-0.1, -0.05) is 13.8 Å². The molecule has 1 atom stereocenters. The van der Waals surface area contributed by atoms with Crippen LogP contribution in [0.15, 0.2) is 22.8 Å². The van der Waals surface area contributed by atoms with Crippen molar-refractivity contribution < 1.29 is 4.42 Å². The lowest BCUT2D eigenvalue weighted by molar-refractivity contribution is 0.228. The third-order valence-electron chi connectivity index (χ3n) is 3.09. The van der Waals surface area contributed by atoms with Gasteiger partial charge in [-0.05, 0) is 38.4 Å². The fourth-order valence-corrected chi connectivity index (χ4v) is 1.96. The van der Waals surface area contributed by atoms with Gasteiger partial charge < -0.3 is 14.6 Å². The van der Waals surface area contributed by atoms with Crippen LogP contribution in [0.4, 0.5) is 0 Å². The highest BCUT2D eigenvalue weighted by molar-refractivity contribution is 4.97. The minimum absolute atomic E-state index is 0.653. The molecule has 0 fully saturated rings. The van der Waals surface area contributed by atoms with Crippen LogP contribution < -0.4 is 5.32 Å². The van der Waals surface area contributed by atoms with Crippen LogP contribution in [-0.2, 0) is 6.54 Å². The third kappa shape index (κ3) is 5.89. The molecule has 98 valence electrons. The zero-order valence-corrected chi connectivity index (χ0v) is 11.6. The van der Waals surface area contributed by atoms with Gasteiger partial charge in [-0.15, -0.1) is 0 Å². The quantitative estimate of drug-likeness (QED) is 0.706. The van der Waals surface area contributed by atoms with Crippen LogP contribution >= 0.6 is 0 Å². The zero-order valence-electron chi connectivity index (χ0n) is 11.6. The number of likely N-dealkylation sites (N-methyl/N-ethyl adjacent to an activating group) is 1. The van der Waals surface area contributed by atoms with E-state index in [4.69, 9.17) is 4.42 Å². The maximum absolute atomic E-state index is 5.26. The first kappa shape index (κ1) is 14.3. The molecule has 0 spiro atoms. The molecule has 0 aliphatic rings. The van der Waals surface area contributed by atoms with E-state index in [1.54, 1.807) is 6.26 Å². The minimum Gasteiger partial charge on any atom is -0.468 e. The number of furan rings is 1.